The first-order chi connectivity index (χ1) is 20.2. The van der Waals surface area contributed by atoms with E-state index in [2.05, 4.69) is 10.6 Å². The molecule has 0 bridgehead atoms. The molecule has 42 heavy (non-hydrogen) atoms. The normalized spacial score (nSPS) is 31.2. The van der Waals surface area contributed by atoms with Crippen LogP contribution in [-0.2, 0) is 28.7 Å². The number of piperidine rings is 1. The summed E-state index contributed by atoms with van der Waals surface area (Å²) < 4.78 is 5.77. The highest BCUT2D eigenvalue weighted by Crippen LogP contribution is 2.29. The van der Waals surface area contributed by atoms with Crippen LogP contribution >= 0.6 is 0 Å². The van der Waals surface area contributed by atoms with Gasteiger partial charge >= 0.3 is 5.97 Å². The smallest absolute Gasteiger partial charge is 0.329 e. The minimum atomic E-state index is -1.32. The summed E-state index contributed by atoms with van der Waals surface area (Å²) in [6.45, 7) is 4.15. The Balaban J connectivity index is 1.48. The number of ether oxygens (including phenoxy) is 1. The number of hydrogen-bond acceptors (Lipinski definition) is 7. The van der Waals surface area contributed by atoms with Gasteiger partial charge in [0, 0.05) is 25.2 Å². The molecule has 12 heteroatoms. The molecule has 0 aliphatic carbocycles. The van der Waals surface area contributed by atoms with Crippen molar-refractivity contribution in [3.8, 4) is 0 Å². The summed E-state index contributed by atoms with van der Waals surface area (Å²) >= 11 is 0. The van der Waals surface area contributed by atoms with Crippen molar-refractivity contribution in [2.75, 3.05) is 19.6 Å². The maximum atomic E-state index is 13.9. The fourth-order valence-corrected chi connectivity index (χ4v) is 6.55. The van der Waals surface area contributed by atoms with Gasteiger partial charge in [0.25, 0.3) is 5.91 Å². The first-order valence-corrected chi connectivity index (χ1v) is 15.0. The summed E-state index contributed by atoms with van der Waals surface area (Å²) in [5.41, 5.74) is 0.309. The van der Waals surface area contributed by atoms with Crippen LogP contribution in [0.15, 0.2) is 30.3 Å². The van der Waals surface area contributed by atoms with Crippen molar-refractivity contribution in [2.45, 2.75) is 95.1 Å². The third kappa shape index (κ3) is 5.84. The molecule has 0 saturated carbocycles. The molecule has 0 radical (unpaired) electrons. The zero-order chi connectivity index (χ0) is 30.0. The molecule has 1 aromatic rings. The minimum absolute atomic E-state index is 0.278. The summed E-state index contributed by atoms with van der Waals surface area (Å²) in [7, 11) is 0. The zero-order valence-corrected chi connectivity index (χ0v) is 24.1. The van der Waals surface area contributed by atoms with Gasteiger partial charge in [-0.25, -0.2) is 4.79 Å². The molecule has 4 heterocycles. The highest BCUT2D eigenvalue weighted by Gasteiger charge is 2.46. The Hall–Kier alpha value is -3.96. The lowest BCUT2D eigenvalue weighted by Gasteiger charge is -2.39. The Morgan fingerprint density at radius 3 is 1.95 bits per heavy atom. The Labute approximate surface area is 245 Å². The van der Waals surface area contributed by atoms with Gasteiger partial charge in [0.1, 0.15) is 36.3 Å². The molecule has 226 valence electrons. The van der Waals surface area contributed by atoms with Crippen LogP contribution in [0, 0.1) is 0 Å². The van der Waals surface area contributed by atoms with E-state index >= 15 is 0 Å². The van der Waals surface area contributed by atoms with Gasteiger partial charge < -0.3 is 30.1 Å². The van der Waals surface area contributed by atoms with E-state index in [4.69, 9.17) is 4.74 Å². The van der Waals surface area contributed by atoms with Crippen molar-refractivity contribution in [2.24, 2.45) is 0 Å². The van der Waals surface area contributed by atoms with Gasteiger partial charge in [-0.05, 0) is 70.9 Å². The molecule has 4 fully saturated rings. The number of nitrogens with zero attached hydrogens (tertiary/aromatic N) is 3. The van der Waals surface area contributed by atoms with Crippen molar-refractivity contribution in [3.05, 3.63) is 35.9 Å². The third-order valence-electron chi connectivity index (χ3n) is 8.81. The summed E-state index contributed by atoms with van der Waals surface area (Å²) in [5.74, 6) is -2.92. The van der Waals surface area contributed by atoms with Crippen molar-refractivity contribution in [1.82, 2.24) is 25.3 Å². The van der Waals surface area contributed by atoms with Gasteiger partial charge in [0.05, 0.1) is 0 Å². The Kier molecular flexibility index (Phi) is 8.79. The molecule has 12 nitrogen and oxygen atoms in total. The quantitative estimate of drug-likeness (QED) is 0.487. The van der Waals surface area contributed by atoms with Gasteiger partial charge in [-0.15, -0.1) is 0 Å². The molecule has 5 rings (SSSR count). The topological polar surface area (TPSA) is 145 Å². The maximum Gasteiger partial charge on any atom is 0.329 e. The van der Waals surface area contributed by atoms with Crippen molar-refractivity contribution in [3.63, 3.8) is 0 Å². The van der Waals surface area contributed by atoms with Crippen LogP contribution in [0.4, 0.5) is 0 Å². The first-order valence-electron chi connectivity index (χ1n) is 15.0. The average molecular weight is 582 g/mol. The predicted octanol–water partition coefficient (Wildman–Crippen LogP) is 0.598. The number of carbonyl (C=O) groups excluding carboxylic acids is 6. The summed E-state index contributed by atoms with van der Waals surface area (Å²) in [5, 5.41) is 5.34. The lowest BCUT2D eigenvalue weighted by atomic mass is 10.00. The van der Waals surface area contributed by atoms with Crippen LogP contribution in [-0.4, -0.2) is 106 Å². The van der Waals surface area contributed by atoms with Crippen LogP contribution < -0.4 is 10.6 Å². The van der Waals surface area contributed by atoms with E-state index in [1.165, 1.54) is 23.6 Å². The predicted molar refractivity (Wildman–Crippen MR) is 150 cm³/mol. The molecular weight excluding hydrogens is 542 g/mol. The maximum absolute atomic E-state index is 13.9. The Bertz CT molecular complexity index is 1240. The molecule has 0 aromatic heterocycles. The van der Waals surface area contributed by atoms with Crippen molar-refractivity contribution >= 4 is 35.5 Å². The SMILES string of the molecule is C[C@@H]1NC(=O)[C@@H](NC(=O)c2ccccc2)[C@@H](C)OC(=O)[C@@H]2CCCCN2C(=O)[C@@H]2CCCN2C(=O)[C@@H]2CCCN2C1=O. The molecule has 6 atom stereocenters. The Morgan fingerprint density at radius 1 is 0.762 bits per heavy atom. The van der Waals surface area contributed by atoms with Crippen molar-refractivity contribution in [1.29, 1.82) is 0 Å². The second-order valence-electron chi connectivity index (χ2n) is 11.6. The summed E-state index contributed by atoms with van der Waals surface area (Å²) in [6.07, 6.45) is 2.95. The zero-order valence-electron chi connectivity index (χ0n) is 24.1. The van der Waals surface area contributed by atoms with E-state index in [0.29, 0.717) is 63.7 Å². The third-order valence-corrected chi connectivity index (χ3v) is 8.81. The van der Waals surface area contributed by atoms with E-state index in [1.807, 2.05) is 0 Å². The molecule has 4 aliphatic rings. The van der Waals surface area contributed by atoms with Crippen LogP contribution in [0.2, 0.25) is 0 Å². The van der Waals surface area contributed by atoms with E-state index in [0.717, 1.165) is 6.42 Å². The van der Waals surface area contributed by atoms with E-state index in [-0.39, 0.29) is 11.8 Å². The standard InChI is InChI=1S/C30H39N5O7/c1-18-27(38)33-16-8-13-21(33)28(39)34-17-9-14-22(34)29(40)35-15-7-6-12-23(35)30(41)42-19(2)24(26(37)31-18)32-25(36)20-10-4-3-5-11-20/h3-5,10-11,18-19,21-24H,6-9,12-17H2,1-2H3,(H,31,37)(H,32,36)/t18-,19+,21-,22-,23-,24-/m0/s1. The van der Waals surface area contributed by atoms with Gasteiger partial charge in [-0.2, -0.15) is 0 Å². The average Bonchev–Trinajstić information content (AvgIpc) is 3.69. The molecule has 1 aromatic carbocycles. The van der Waals surface area contributed by atoms with Gasteiger partial charge in [-0.1, -0.05) is 18.2 Å². The highest BCUT2D eigenvalue weighted by molar-refractivity contribution is 5.99. The second kappa shape index (κ2) is 12.5. The molecule has 2 N–H and O–H groups in total. The summed E-state index contributed by atoms with van der Waals surface area (Å²) in [6, 6.07) is 3.68. The van der Waals surface area contributed by atoms with E-state index in [9.17, 15) is 28.8 Å². The Morgan fingerprint density at radius 2 is 1.31 bits per heavy atom. The number of cyclic esters (lactones) is 1. The van der Waals surface area contributed by atoms with Gasteiger partial charge in [-0.3, -0.25) is 24.0 Å². The van der Waals surface area contributed by atoms with E-state index in [1.54, 1.807) is 35.2 Å². The number of esters is 1. The molecular formula is C30H39N5O7. The molecule has 4 aliphatic heterocycles. The number of amides is 5. The molecule has 5 amide bonds. The van der Waals surface area contributed by atoms with Crippen LogP contribution in [0.5, 0.6) is 0 Å². The monoisotopic (exact) mass is 581 g/mol. The minimum Gasteiger partial charge on any atom is -0.458 e. The first kappa shape index (κ1) is 29.5. The number of nitrogens with one attached hydrogen (secondary N) is 2. The van der Waals surface area contributed by atoms with Crippen molar-refractivity contribution < 1.29 is 33.5 Å². The number of fused-ring (bicyclic) bond motifs is 3. The van der Waals surface area contributed by atoms with E-state index < -0.39 is 60.0 Å². The highest BCUT2D eigenvalue weighted by atomic mass is 16.5. The van der Waals surface area contributed by atoms with Gasteiger partial charge in [0.2, 0.25) is 23.6 Å². The van der Waals surface area contributed by atoms with Crippen LogP contribution in [0.25, 0.3) is 0 Å². The molecule has 0 spiro atoms. The number of hydrogen-bond donors (Lipinski definition) is 2. The lowest BCUT2D eigenvalue weighted by Crippen LogP contribution is -2.61. The van der Waals surface area contributed by atoms with Crippen LogP contribution in [0.3, 0.4) is 0 Å². The number of rotatable bonds is 2. The largest absolute Gasteiger partial charge is 0.458 e. The fraction of sp³-hybridized carbons (Fsp3) is 0.600. The van der Waals surface area contributed by atoms with Gasteiger partial charge in [0.15, 0.2) is 0 Å². The number of carbonyl (C=O) groups is 6. The fourth-order valence-electron chi connectivity index (χ4n) is 6.55. The second-order valence-corrected chi connectivity index (χ2v) is 11.6. The molecule has 4 saturated heterocycles. The van der Waals surface area contributed by atoms with Crippen LogP contribution in [0.1, 0.15) is 69.2 Å². The number of benzene rings is 1. The molecule has 0 unspecified atom stereocenters. The summed E-state index contributed by atoms with van der Waals surface area (Å²) in [4.78, 5) is 85.9. The lowest BCUT2D eigenvalue weighted by molar-refractivity contribution is -0.165.